The second-order valence-electron chi connectivity index (χ2n) is 5.32. The van der Waals surface area contributed by atoms with Crippen LogP contribution in [-0.4, -0.2) is 27.0 Å². The number of aromatic amines is 1. The molecule has 0 bridgehead atoms. The van der Waals surface area contributed by atoms with Crippen LogP contribution >= 0.6 is 11.3 Å². The summed E-state index contributed by atoms with van der Waals surface area (Å²) in [7, 11) is 0. The van der Waals surface area contributed by atoms with Crippen LogP contribution in [0.5, 0.6) is 0 Å². The van der Waals surface area contributed by atoms with Crippen molar-refractivity contribution < 1.29 is 9.53 Å². The number of carbonyl (C=O) groups is 1. The molecule has 118 valence electrons. The molecule has 0 aromatic carbocycles. The fourth-order valence-electron chi connectivity index (χ4n) is 2.23. The molecule has 23 heavy (non-hydrogen) atoms. The zero-order valence-electron chi connectivity index (χ0n) is 12.9. The zero-order valence-corrected chi connectivity index (χ0v) is 13.7. The Balaban J connectivity index is 2.15. The van der Waals surface area contributed by atoms with E-state index in [-0.39, 0.29) is 11.7 Å². The van der Waals surface area contributed by atoms with E-state index in [1.54, 1.807) is 39.1 Å². The monoisotopic (exact) mass is 329 g/mol. The Morgan fingerprint density at radius 1 is 1.35 bits per heavy atom. The predicted molar refractivity (Wildman–Crippen MR) is 88.8 cm³/mol. The van der Waals surface area contributed by atoms with Crippen molar-refractivity contribution in [3.05, 3.63) is 45.2 Å². The molecule has 0 aliphatic heterocycles. The number of nitrogens with one attached hydrogen (secondary N) is 1. The van der Waals surface area contributed by atoms with Crippen LogP contribution in [0.2, 0.25) is 0 Å². The number of fused-ring (bicyclic) bond motifs is 1. The van der Waals surface area contributed by atoms with E-state index in [0.29, 0.717) is 32.2 Å². The van der Waals surface area contributed by atoms with Gasteiger partial charge in [0.2, 0.25) is 0 Å². The third kappa shape index (κ3) is 2.87. The van der Waals surface area contributed by atoms with Gasteiger partial charge in [-0.05, 0) is 38.5 Å². The van der Waals surface area contributed by atoms with Gasteiger partial charge >= 0.3 is 5.97 Å². The maximum Gasteiger partial charge on any atom is 0.348 e. The summed E-state index contributed by atoms with van der Waals surface area (Å²) in [6, 6.07) is 5.37. The standard InChI is InChI=1S/C16H15N3O3S/c1-8(2)22-16(21)12-9(3)11-14(20)18-13(19-15(11)23-12)10-6-4-5-7-17-10/h4-8H,1-3H3,(H,18,19,20). The van der Waals surface area contributed by atoms with E-state index in [0.717, 1.165) is 11.3 Å². The first-order valence-electron chi connectivity index (χ1n) is 7.13. The third-order valence-corrected chi connectivity index (χ3v) is 4.40. The van der Waals surface area contributed by atoms with E-state index in [4.69, 9.17) is 4.74 Å². The minimum Gasteiger partial charge on any atom is -0.459 e. The van der Waals surface area contributed by atoms with Crippen molar-refractivity contribution in [3.63, 3.8) is 0 Å². The van der Waals surface area contributed by atoms with Crippen molar-refractivity contribution in [2.45, 2.75) is 26.9 Å². The average molecular weight is 329 g/mol. The van der Waals surface area contributed by atoms with Crippen molar-refractivity contribution in [1.29, 1.82) is 0 Å². The van der Waals surface area contributed by atoms with Gasteiger partial charge in [-0.3, -0.25) is 9.78 Å². The molecule has 0 fully saturated rings. The van der Waals surface area contributed by atoms with Crippen molar-refractivity contribution in [3.8, 4) is 11.5 Å². The molecule has 1 N–H and O–H groups in total. The Morgan fingerprint density at radius 3 is 2.78 bits per heavy atom. The molecule has 6 nitrogen and oxygen atoms in total. The Kier molecular flexibility index (Phi) is 3.96. The Morgan fingerprint density at radius 2 is 2.13 bits per heavy atom. The number of hydrogen-bond acceptors (Lipinski definition) is 6. The number of H-pyrrole nitrogens is 1. The first-order chi connectivity index (χ1) is 11.0. The van der Waals surface area contributed by atoms with Crippen molar-refractivity contribution >= 4 is 27.5 Å². The first kappa shape index (κ1) is 15.4. The van der Waals surface area contributed by atoms with Crippen LogP contribution in [0, 0.1) is 6.92 Å². The first-order valence-corrected chi connectivity index (χ1v) is 7.95. The normalized spacial score (nSPS) is 11.1. The molecule has 0 unspecified atom stereocenters. The maximum atomic E-state index is 12.4. The molecule has 0 amide bonds. The SMILES string of the molecule is Cc1c(C(=O)OC(C)C)sc2nc(-c3ccccn3)[nH]c(=O)c12. The van der Waals surface area contributed by atoms with Gasteiger partial charge < -0.3 is 9.72 Å². The molecule has 3 heterocycles. The average Bonchev–Trinajstić information content (AvgIpc) is 2.85. The lowest BCUT2D eigenvalue weighted by Gasteiger charge is -2.06. The van der Waals surface area contributed by atoms with Crippen LogP contribution in [0.3, 0.4) is 0 Å². The molecular formula is C16H15N3O3S. The van der Waals surface area contributed by atoms with Gasteiger partial charge in [0.25, 0.3) is 5.56 Å². The quantitative estimate of drug-likeness (QED) is 0.747. The predicted octanol–water partition coefficient (Wildman–Crippen LogP) is 2.92. The highest BCUT2D eigenvalue weighted by Gasteiger charge is 2.21. The lowest BCUT2D eigenvalue weighted by atomic mass is 10.2. The lowest BCUT2D eigenvalue weighted by Crippen LogP contribution is -2.12. The maximum absolute atomic E-state index is 12.4. The van der Waals surface area contributed by atoms with Crippen LogP contribution in [0.15, 0.2) is 29.2 Å². The highest BCUT2D eigenvalue weighted by Crippen LogP contribution is 2.28. The molecule has 3 aromatic rings. The van der Waals surface area contributed by atoms with Gasteiger partial charge in [0.05, 0.1) is 11.5 Å². The molecule has 7 heteroatoms. The van der Waals surface area contributed by atoms with Gasteiger partial charge in [-0.2, -0.15) is 0 Å². The van der Waals surface area contributed by atoms with Crippen LogP contribution in [0.4, 0.5) is 0 Å². The minimum absolute atomic E-state index is 0.220. The van der Waals surface area contributed by atoms with E-state index < -0.39 is 5.97 Å². The van der Waals surface area contributed by atoms with Crippen LogP contribution in [0.1, 0.15) is 29.1 Å². The zero-order chi connectivity index (χ0) is 16.6. The number of esters is 1. The highest BCUT2D eigenvalue weighted by molar-refractivity contribution is 7.20. The lowest BCUT2D eigenvalue weighted by molar-refractivity contribution is 0.0383. The summed E-state index contributed by atoms with van der Waals surface area (Å²) in [4.78, 5) is 36.8. The van der Waals surface area contributed by atoms with Gasteiger partial charge in [-0.25, -0.2) is 9.78 Å². The largest absolute Gasteiger partial charge is 0.459 e. The Labute approximate surface area is 136 Å². The molecule has 0 saturated heterocycles. The second-order valence-corrected chi connectivity index (χ2v) is 6.32. The summed E-state index contributed by atoms with van der Waals surface area (Å²) < 4.78 is 5.22. The van der Waals surface area contributed by atoms with Gasteiger partial charge in [-0.1, -0.05) is 6.07 Å². The molecule has 0 saturated carbocycles. The summed E-state index contributed by atoms with van der Waals surface area (Å²) in [5.74, 6) is -0.0487. The highest BCUT2D eigenvalue weighted by atomic mass is 32.1. The summed E-state index contributed by atoms with van der Waals surface area (Å²) >= 11 is 1.16. The van der Waals surface area contributed by atoms with E-state index in [9.17, 15) is 9.59 Å². The van der Waals surface area contributed by atoms with Crippen molar-refractivity contribution in [2.75, 3.05) is 0 Å². The molecule has 0 aliphatic carbocycles. The van der Waals surface area contributed by atoms with E-state index in [2.05, 4.69) is 15.0 Å². The van der Waals surface area contributed by atoms with Crippen LogP contribution in [-0.2, 0) is 4.74 Å². The number of thiophene rings is 1. The fraction of sp³-hybridized carbons (Fsp3) is 0.250. The minimum atomic E-state index is -0.431. The van der Waals surface area contributed by atoms with E-state index in [1.807, 2.05) is 6.07 Å². The molecule has 0 aliphatic rings. The number of rotatable bonds is 3. The Hall–Kier alpha value is -2.54. The second kappa shape index (κ2) is 5.92. The topological polar surface area (TPSA) is 84.9 Å². The van der Waals surface area contributed by atoms with Crippen LogP contribution < -0.4 is 5.56 Å². The van der Waals surface area contributed by atoms with Gasteiger partial charge in [0.15, 0.2) is 5.82 Å². The third-order valence-electron chi connectivity index (χ3n) is 3.24. The van der Waals surface area contributed by atoms with E-state index >= 15 is 0 Å². The van der Waals surface area contributed by atoms with E-state index in [1.165, 1.54) is 0 Å². The molecular weight excluding hydrogens is 314 g/mol. The Bertz CT molecular complexity index is 929. The number of aromatic nitrogens is 3. The number of aryl methyl sites for hydroxylation is 1. The number of carbonyl (C=O) groups excluding carboxylic acids is 1. The van der Waals surface area contributed by atoms with Gasteiger partial charge in [0, 0.05) is 6.20 Å². The number of hydrogen-bond donors (Lipinski definition) is 1. The van der Waals surface area contributed by atoms with Crippen molar-refractivity contribution in [2.24, 2.45) is 0 Å². The summed E-state index contributed by atoms with van der Waals surface area (Å²) in [6.45, 7) is 5.29. The number of nitrogens with zero attached hydrogens (tertiary/aromatic N) is 2. The summed E-state index contributed by atoms with van der Waals surface area (Å²) in [5, 5.41) is 0.422. The van der Waals surface area contributed by atoms with Gasteiger partial charge in [-0.15, -0.1) is 11.3 Å². The van der Waals surface area contributed by atoms with Crippen LogP contribution in [0.25, 0.3) is 21.7 Å². The molecule has 0 atom stereocenters. The smallest absolute Gasteiger partial charge is 0.348 e. The molecule has 0 radical (unpaired) electrons. The number of ether oxygens (including phenoxy) is 1. The van der Waals surface area contributed by atoms with Gasteiger partial charge in [0.1, 0.15) is 15.4 Å². The summed E-state index contributed by atoms with van der Waals surface area (Å²) in [6.07, 6.45) is 1.41. The van der Waals surface area contributed by atoms with Crippen molar-refractivity contribution in [1.82, 2.24) is 15.0 Å². The molecule has 3 rings (SSSR count). The number of pyridine rings is 1. The molecule has 3 aromatic heterocycles. The fourth-order valence-corrected chi connectivity index (χ4v) is 3.30. The summed E-state index contributed by atoms with van der Waals surface area (Å²) in [5.41, 5.74) is 0.883. The molecule has 0 spiro atoms.